The zero-order valence-corrected chi connectivity index (χ0v) is 15.2. The van der Waals surface area contributed by atoms with Crippen molar-refractivity contribution in [1.29, 1.82) is 0 Å². The number of esters is 1. The third-order valence-electron chi connectivity index (χ3n) is 7.60. The van der Waals surface area contributed by atoms with Gasteiger partial charge in [-0.2, -0.15) is 0 Å². The molecule has 2 N–H and O–H groups in total. The first-order valence-corrected chi connectivity index (χ1v) is 9.43. The van der Waals surface area contributed by atoms with Gasteiger partial charge in [0.25, 0.3) is 0 Å². The molecule has 0 aromatic rings. The fourth-order valence-corrected chi connectivity index (χ4v) is 6.20. The SMILES string of the molecule is CC(=O)O[C@H]1C=C2C=C(O)C=C[C@]2(C)[C@H]2CC[C@]3(C)[C@@H](O)CC[C@H]3[C@H]12. The number of allylic oxidation sites excluding steroid dienone is 4. The van der Waals surface area contributed by atoms with Crippen LogP contribution in [0, 0.1) is 28.6 Å². The molecule has 4 heteroatoms. The Morgan fingerprint density at radius 1 is 1.24 bits per heavy atom. The summed E-state index contributed by atoms with van der Waals surface area (Å²) in [4.78, 5) is 11.7. The number of aliphatic hydroxyl groups excluding tert-OH is 2. The fraction of sp³-hybridized carbons (Fsp3) is 0.667. The van der Waals surface area contributed by atoms with Gasteiger partial charge in [0.15, 0.2) is 0 Å². The normalized spacial score (nSPS) is 47.9. The highest BCUT2D eigenvalue weighted by Crippen LogP contribution is 2.63. The van der Waals surface area contributed by atoms with Crippen molar-refractivity contribution >= 4 is 5.97 Å². The average Bonchev–Trinajstić information content (AvgIpc) is 2.84. The van der Waals surface area contributed by atoms with E-state index < -0.39 is 0 Å². The summed E-state index contributed by atoms with van der Waals surface area (Å²) in [5.41, 5.74) is 0.808. The highest BCUT2D eigenvalue weighted by Gasteiger charge is 2.60. The third-order valence-corrected chi connectivity index (χ3v) is 7.60. The topological polar surface area (TPSA) is 66.8 Å². The van der Waals surface area contributed by atoms with Crippen LogP contribution in [0.15, 0.2) is 35.6 Å². The predicted molar refractivity (Wildman–Crippen MR) is 94.6 cm³/mol. The van der Waals surface area contributed by atoms with Crippen LogP contribution in [0.2, 0.25) is 0 Å². The van der Waals surface area contributed by atoms with Gasteiger partial charge in [0.2, 0.25) is 0 Å². The van der Waals surface area contributed by atoms with Crippen LogP contribution in [-0.4, -0.2) is 28.4 Å². The van der Waals surface area contributed by atoms with Crippen molar-refractivity contribution in [2.75, 3.05) is 0 Å². The number of carbonyl (C=O) groups excluding carboxylic acids is 1. The molecule has 2 fully saturated rings. The van der Waals surface area contributed by atoms with E-state index in [0.29, 0.717) is 11.8 Å². The zero-order chi connectivity index (χ0) is 18.0. The molecule has 0 aromatic heterocycles. The number of hydrogen-bond donors (Lipinski definition) is 2. The van der Waals surface area contributed by atoms with Gasteiger partial charge in [-0.15, -0.1) is 0 Å². The lowest BCUT2D eigenvalue weighted by Gasteiger charge is -2.56. The van der Waals surface area contributed by atoms with Crippen molar-refractivity contribution < 1.29 is 19.7 Å². The summed E-state index contributed by atoms with van der Waals surface area (Å²) in [5, 5.41) is 20.5. The molecule has 0 spiro atoms. The van der Waals surface area contributed by atoms with Gasteiger partial charge in [0, 0.05) is 18.3 Å². The van der Waals surface area contributed by atoms with E-state index in [4.69, 9.17) is 4.74 Å². The minimum Gasteiger partial charge on any atom is -0.508 e. The molecule has 0 aliphatic heterocycles. The predicted octanol–water partition coefficient (Wildman–Crippen LogP) is 3.68. The van der Waals surface area contributed by atoms with E-state index in [1.165, 1.54) is 6.92 Å². The molecule has 0 saturated heterocycles. The zero-order valence-electron chi connectivity index (χ0n) is 15.2. The van der Waals surface area contributed by atoms with Crippen molar-refractivity contribution in [3.63, 3.8) is 0 Å². The molecule has 4 aliphatic carbocycles. The second-order valence-electron chi connectivity index (χ2n) is 8.81. The van der Waals surface area contributed by atoms with Crippen LogP contribution in [0.3, 0.4) is 0 Å². The molecule has 4 rings (SSSR count). The Bertz CT molecular complexity index is 690. The minimum atomic E-state index is -0.281. The highest BCUT2D eigenvalue weighted by molar-refractivity contribution is 5.66. The van der Waals surface area contributed by atoms with Gasteiger partial charge >= 0.3 is 5.97 Å². The van der Waals surface area contributed by atoms with E-state index in [1.54, 1.807) is 6.08 Å². The maximum Gasteiger partial charge on any atom is 0.303 e. The van der Waals surface area contributed by atoms with Gasteiger partial charge in [-0.3, -0.25) is 4.79 Å². The Balaban J connectivity index is 1.81. The Morgan fingerprint density at radius 2 is 2.00 bits per heavy atom. The maximum atomic E-state index is 11.7. The quantitative estimate of drug-likeness (QED) is 0.712. The van der Waals surface area contributed by atoms with Crippen LogP contribution in [0.1, 0.15) is 46.5 Å². The van der Waals surface area contributed by atoms with Crippen LogP contribution in [-0.2, 0) is 9.53 Å². The monoisotopic (exact) mass is 344 g/mol. The van der Waals surface area contributed by atoms with E-state index in [1.807, 2.05) is 12.2 Å². The summed E-state index contributed by atoms with van der Waals surface area (Å²) in [6.45, 7) is 5.90. The number of aliphatic hydroxyl groups is 2. The fourth-order valence-electron chi connectivity index (χ4n) is 6.20. The molecule has 0 unspecified atom stereocenters. The molecular formula is C21H28O4. The second-order valence-corrected chi connectivity index (χ2v) is 8.81. The number of fused-ring (bicyclic) bond motifs is 5. The lowest BCUT2D eigenvalue weighted by Crippen LogP contribution is -2.54. The molecule has 25 heavy (non-hydrogen) atoms. The van der Waals surface area contributed by atoms with Crippen molar-refractivity contribution in [3.8, 4) is 0 Å². The summed E-state index contributed by atoms with van der Waals surface area (Å²) < 4.78 is 5.75. The van der Waals surface area contributed by atoms with Crippen LogP contribution in [0.5, 0.6) is 0 Å². The van der Waals surface area contributed by atoms with Crippen molar-refractivity contribution in [3.05, 3.63) is 35.6 Å². The van der Waals surface area contributed by atoms with Crippen LogP contribution >= 0.6 is 0 Å². The van der Waals surface area contributed by atoms with Crippen LogP contribution in [0.25, 0.3) is 0 Å². The average molecular weight is 344 g/mol. The first-order valence-electron chi connectivity index (χ1n) is 9.43. The van der Waals surface area contributed by atoms with E-state index in [-0.39, 0.29) is 40.7 Å². The van der Waals surface area contributed by atoms with Gasteiger partial charge in [-0.1, -0.05) is 19.9 Å². The molecule has 0 radical (unpaired) electrons. The van der Waals surface area contributed by atoms with Crippen molar-refractivity contribution in [2.24, 2.45) is 28.6 Å². The molecule has 0 aromatic carbocycles. The molecule has 4 nitrogen and oxygen atoms in total. The summed E-state index contributed by atoms with van der Waals surface area (Å²) in [6, 6.07) is 0. The number of hydrogen-bond acceptors (Lipinski definition) is 4. The van der Waals surface area contributed by atoms with Crippen LogP contribution < -0.4 is 0 Å². The van der Waals surface area contributed by atoms with Gasteiger partial charge in [0.1, 0.15) is 11.9 Å². The van der Waals surface area contributed by atoms with E-state index in [9.17, 15) is 15.0 Å². The molecule has 0 heterocycles. The lowest BCUT2D eigenvalue weighted by molar-refractivity contribution is -0.156. The molecule has 7 atom stereocenters. The second kappa shape index (κ2) is 5.47. The summed E-state index contributed by atoms with van der Waals surface area (Å²) in [6.07, 6.45) is 11.0. The molecule has 136 valence electrons. The van der Waals surface area contributed by atoms with E-state index in [0.717, 1.165) is 31.3 Å². The Hall–Kier alpha value is -1.55. The summed E-state index contributed by atoms with van der Waals surface area (Å²) in [5.74, 6) is 0.899. The smallest absolute Gasteiger partial charge is 0.303 e. The number of carbonyl (C=O) groups is 1. The Morgan fingerprint density at radius 3 is 2.72 bits per heavy atom. The van der Waals surface area contributed by atoms with Gasteiger partial charge in [-0.05, 0) is 66.7 Å². The minimum absolute atomic E-state index is 0.0857. The summed E-state index contributed by atoms with van der Waals surface area (Å²) >= 11 is 0. The molecule has 2 saturated carbocycles. The largest absolute Gasteiger partial charge is 0.508 e. The molecule has 4 aliphatic rings. The Labute approximate surface area is 149 Å². The van der Waals surface area contributed by atoms with E-state index in [2.05, 4.69) is 19.9 Å². The first kappa shape index (κ1) is 16.9. The van der Waals surface area contributed by atoms with Crippen LogP contribution in [0.4, 0.5) is 0 Å². The molecular weight excluding hydrogens is 316 g/mol. The number of ether oxygens (including phenoxy) is 1. The highest BCUT2D eigenvalue weighted by atomic mass is 16.5. The summed E-state index contributed by atoms with van der Waals surface area (Å²) in [7, 11) is 0. The van der Waals surface area contributed by atoms with Gasteiger partial charge in [-0.25, -0.2) is 0 Å². The maximum absolute atomic E-state index is 11.7. The standard InChI is InChI=1S/C21H28O4/c1-12(22)25-17-11-13-10-14(23)6-8-20(13,2)16-7-9-21(3)15(19(16)17)4-5-18(21)24/h6,8,10-11,15-19,23-24H,4-5,7,9H2,1-3H3/t15-,16-,17-,18-,19-,20-,21-/m0/s1. The molecule has 0 bridgehead atoms. The third kappa shape index (κ3) is 2.33. The van der Waals surface area contributed by atoms with E-state index >= 15 is 0 Å². The molecule has 0 amide bonds. The van der Waals surface area contributed by atoms with Crippen molar-refractivity contribution in [1.82, 2.24) is 0 Å². The van der Waals surface area contributed by atoms with Gasteiger partial charge < -0.3 is 14.9 Å². The van der Waals surface area contributed by atoms with Crippen molar-refractivity contribution in [2.45, 2.75) is 58.7 Å². The first-order chi connectivity index (χ1) is 11.8. The number of rotatable bonds is 1. The Kier molecular flexibility index (Phi) is 3.70. The van der Waals surface area contributed by atoms with Gasteiger partial charge in [0.05, 0.1) is 6.10 Å². The lowest BCUT2D eigenvalue weighted by atomic mass is 9.49.